The van der Waals surface area contributed by atoms with Gasteiger partial charge in [0.1, 0.15) is 6.61 Å². The Morgan fingerprint density at radius 3 is 2.66 bits per heavy atom. The van der Waals surface area contributed by atoms with Gasteiger partial charge in [0.15, 0.2) is 11.5 Å². The summed E-state index contributed by atoms with van der Waals surface area (Å²) in [6.07, 6.45) is 0. The molecule has 0 bridgehead atoms. The van der Waals surface area contributed by atoms with Gasteiger partial charge in [-0.25, -0.2) is 0 Å². The van der Waals surface area contributed by atoms with Crippen molar-refractivity contribution in [2.75, 3.05) is 13.2 Å². The molecule has 2 aromatic carbocycles. The first-order chi connectivity index (χ1) is 14.1. The summed E-state index contributed by atoms with van der Waals surface area (Å²) >= 11 is 8.46. The number of amides is 1. The van der Waals surface area contributed by atoms with Crippen LogP contribution in [0.15, 0.2) is 60.7 Å². The third-order valence-corrected chi connectivity index (χ3v) is 5.15. The molecule has 2 heterocycles. The predicted octanol–water partition coefficient (Wildman–Crippen LogP) is 3.86. The molecule has 0 fully saturated rings. The summed E-state index contributed by atoms with van der Waals surface area (Å²) in [7, 11) is 0. The van der Waals surface area contributed by atoms with Gasteiger partial charge in [-0.2, -0.15) is 4.52 Å². The van der Waals surface area contributed by atoms with Crippen LogP contribution in [0, 0.1) is 3.57 Å². The molecule has 4 aromatic rings. The number of aromatic nitrogens is 4. The lowest BCUT2D eigenvalue weighted by molar-refractivity contribution is 0.0946. The van der Waals surface area contributed by atoms with Crippen LogP contribution >= 0.6 is 34.2 Å². The second-order valence-corrected chi connectivity index (χ2v) is 7.71. The van der Waals surface area contributed by atoms with Crippen LogP contribution in [0.5, 0.6) is 5.88 Å². The molecule has 0 radical (unpaired) electrons. The molecule has 29 heavy (non-hydrogen) atoms. The van der Waals surface area contributed by atoms with Gasteiger partial charge in [-0.3, -0.25) is 4.79 Å². The third-order valence-electron chi connectivity index (χ3n) is 4.10. The van der Waals surface area contributed by atoms with Crippen molar-refractivity contribution in [2.24, 2.45) is 0 Å². The Hall–Kier alpha value is -2.72. The second kappa shape index (κ2) is 8.75. The van der Waals surface area contributed by atoms with E-state index < -0.39 is 0 Å². The number of nitrogens with zero attached hydrogens (tertiary/aromatic N) is 4. The largest absolute Gasteiger partial charge is 0.475 e. The summed E-state index contributed by atoms with van der Waals surface area (Å²) in [6, 6.07) is 18.2. The maximum Gasteiger partial charge on any atom is 0.251 e. The molecule has 0 saturated heterocycles. The first-order valence-electron chi connectivity index (χ1n) is 8.76. The monoisotopic (exact) mass is 519 g/mol. The van der Waals surface area contributed by atoms with Crippen LogP contribution in [0.2, 0.25) is 5.02 Å². The highest BCUT2D eigenvalue weighted by Crippen LogP contribution is 2.26. The number of nitrogens with one attached hydrogen (secondary N) is 1. The van der Waals surface area contributed by atoms with Gasteiger partial charge in [-0.05, 0) is 65.1 Å². The molecule has 4 rings (SSSR count). The average molecular weight is 520 g/mol. The van der Waals surface area contributed by atoms with Crippen LogP contribution in [0.1, 0.15) is 10.4 Å². The Morgan fingerprint density at radius 2 is 1.86 bits per heavy atom. The summed E-state index contributed by atoms with van der Waals surface area (Å²) in [5, 5.41) is 16.1. The zero-order valence-electron chi connectivity index (χ0n) is 15.0. The number of benzene rings is 2. The van der Waals surface area contributed by atoms with Crippen LogP contribution in [0.3, 0.4) is 0 Å². The summed E-state index contributed by atoms with van der Waals surface area (Å²) in [5.74, 6) is 0.783. The highest BCUT2D eigenvalue weighted by atomic mass is 127. The lowest BCUT2D eigenvalue weighted by atomic mass is 10.2. The molecule has 146 valence electrons. The van der Waals surface area contributed by atoms with E-state index >= 15 is 0 Å². The Morgan fingerprint density at radius 1 is 1.07 bits per heavy atom. The van der Waals surface area contributed by atoms with Crippen LogP contribution < -0.4 is 10.1 Å². The van der Waals surface area contributed by atoms with E-state index in [-0.39, 0.29) is 12.5 Å². The van der Waals surface area contributed by atoms with Crippen molar-refractivity contribution >= 4 is 45.7 Å². The van der Waals surface area contributed by atoms with Crippen molar-refractivity contribution in [3.8, 4) is 17.3 Å². The highest BCUT2D eigenvalue weighted by molar-refractivity contribution is 14.1. The fraction of sp³-hybridized carbons (Fsp3) is 0.100. The zero-order chi connectivity index (χ0) is 20.2. The Bertz CT molecular complexity index is 1160. The molecular formula is C20H15ClIN5O2. The van der Waals surface area contributed by atoms with E-state index in [2.05, 4.69) is 43.2 Å². The molecular weight excluding hydrogens is 505 g/mol. The van der Waals surface area contributed by atoms with Gasteiger partial charge in [0.25, 0.3) is 5.91 Å². The molecule has 9 heteroatoms. The molecule has 0 saturated carbocycles. The molecule has 0 unspecified atom stereocenters. The predicted molar refractivity (Wildman–Crippen MR) is 118 cm³/mol. The summed E-state index contributed by atoms with van der Waals surface area (Å²) in [4.78, 5) is 12.1. The van der Waals surface area contributed by atoms with Gasteiger partial charge in [0, 0.05) is 20.8 Å². The van der Waals surface area contributed by atoms with Crippen molar-refractivity contribution < 1.29 is 9.53 Å². The number of carbonyl (C=O) groups excluding carboxylic acids is 1. The fourth-order valence-electron chi connectivity index (χ4n) is 2.68. The molecule has 2 aromatic heterocycles. The number of carbonyl (C=O) groups is 1. The molecule has 0 aliphatic heterocycles. The van der Waals surface area contributed by atoms with E-state index in [4.69, 9.17) is 16.3 Å². The third kappa shape index (κ3) is 4.48. The SMILES string of the molecule is O=C(NCCOc1ccc2nnc(-c3ccccc3Cl)n2n1)c1ccc(I)cc1. The van der Waals surface area contributed by atoms with Crippen molar-refractivity contribution in [3.63, 3.8) is 0 Å². The second-order valence-electron chi connectivity index (χ2n) is 6.06. The first kappa shape index (κ1) is 19.6. The Kier molecular flexibility index (Phi) is 5.91. The minimum atomic E-state index is -0.145. The van der Waals surface area contributed by atoms with E-state index in [1.54, 1.807) is 34.8 Å². The molecule has 7 nitrogen and oxygen atoms in total. The topological polar surface area (TPSA) is 81.4 Å². The maximum absolute atomic E-state index is 12.1. The van der Waals surface area contributed by atoms with Crippen molar-refractivity contribution in [2.45, 2.75) is 0 Å². The quantitative estimate of drug-likeness (QED) is 0.309. The average Bonchev–Trinajstić information content (AvgIpc) is 3.15. The Labute approximate surface area is 185 Å². The van der Waals surface area contributed by atoms with Crippen LogP contribution in [-0.4, -0.2) is 38.9 Å². The van der Waals surface area contributed by atoms with Gasteiger partial charge in [-0.15, -0.1) is 15.3 Å². The number of hydrogen-bond acceptors (Lipinski definition) is 5. The summed E-state index contributed by atoms with van der Waals surface area (Å²) in [5.41, 5.74) is 1.93. The van der Waals surface area contributed by atoms with E-state index in [0.717, 1.165) is 9.13 Å². The van der Waals surface area contributed by atoms with Gasteiger partial charge in [0.2, 0.25) is 5.88 Å². The lowest BCUT2D eigenvalue weighted by Crippen LogP contribution is -2.28. The summed E-state index contributed by atoms with van der Waals surface area (Å²) in [6.45, 7) is 0.627. The van der Waals surface area contributed by atoms with E-state index in [1.807, 2.05) is 30.3 Å². The zero-order valence-corrected chi connectivity index (χ0v) is 18.0. The lowest BCUT2D eigenvalue weighted by Gasteiger charge is -2.08. The van der Waals surface area contributed by atoms with Crippen molar-refractivity contribution in [3.05, 3.63) is 74.8 Å². The molecule has 0 aliphatic rings. The number of hydrogen-bond donors (Lipinski definition) is 1. The van der Waals surface area contributed by atoms with E-state index in [1.165, 1.54) is 0 Å². The van der Waals surface area contributed by atoms with Gasteiger partial charge < -0.3 is 10.1 Å². The van der Waals surface area contributed by atoms with Crippen molar-refractivity contribution in [1.29, 1.82) is 0 Å². The molecule has 0 spiro atoms. The number of halogens is 2. The van der Waals surface area contributed by atoms with E-state index in [9.17, 15) is 4.79 Å². The minimum Gasteiger partial charge on any atom is -0.475 e. The van der Waals surface area contributed by atoms with Crippen LogP contribution in [-0.2, 0) is 0 Å². The molecule has 1 N–H and O–H groups in total. The van der Waals surface area contributed by atoms with Crippen LogP contribution in [0.4, 0.5) is 0 Å². The minimum absolute atomic E-state index is 0.145. The first-order valence-corrected chi connectivity index (χ1v) is 10.2. The number of fused-ring (bicyclic) bond motifs is 1. The number of ether oxygens (including phenoxy) is 1. The highest BCUT2D eigenvalue weighted by Gasteiger charge is 2.13. The molecule has 0 aliphatic carbocycles. The van der Waals surface area contributed by atoms with Crippen LogP contribution in [0.25, 0.3) is 17.0 Å². The van der Waals surface area contributed by atoms with Gasteiger partial charge in [0.05, 0.1) is 11.6 Å². The molecule has 0 atom stereocenters. The molecule has 1 amide bonds. The summed E-state index contributed by atoms with van der Waals surface area (Å²) < 4.78 is 8.34. The standard InChI is InChI=1S/C20H15ClIN5O2/c21-16-4-2-1-3-15(16)19-25-24-17-9-10-18(26-27(17)19)29-12-11-23-20(28)13-5-7-14(22)8-6-13/h1-10H,11-12H2,(H,23,28). The normalized spacial score (nSPS) is 10.8. The maximum atomic E-state index is 12.1. The Balaban J connectivity index is 1.41. The smallest absolute Gasteiger partial charge is 0.251 e. The number of rotatable bonds is 6. The fourth-order valence-corrected chi connectivity index (χ4v) is 3.26. The van der Waals surface area contributed by atoms with Gasteiger partial charge >= 0.3 is 0 Å². The van der Waals surface area contributed by atoms with Gasteiger partial charge in [-0.1, -0.05) is 23.7 Å². The van der Waals surface area contributed by atoms with Crippen molar-refractivity contribution in [1.82, 2.24) is 25.1 Å². The van der Waals surface area contributed by atoms with E-state index in [0.29, 0.717) is 34.5 Å².